The van der Waals surface area contributed by atoms with Gasteiger partial charge >= 0.3 is 6.03 Å². The average Bonchev–Trinajstić information content (AvgIpc) is 2.86. The SMILES string of the molecule is COc1ccc(C)cc1NC(=O)CN1C(=O)N[C@@](C)(c2ccc(C)cc2)C1=O. The van der Waals surface area contributed by atoms with Crippen LogP contribution >= 0.6 is 0 Å². The van der Waals surface area contributed by atoms with Gasteiger partial charge in [0.25, 0.3) is 5.91 Å². The molecule has 1 fully saturated rings. The molecule has 2 aromatic rings. The first kappa shape index (κ1) is 19.4. The number of hydrogen-bond acceptors (Lipinski definition) is 4. The molecule has 2 N–H and O–H groups in total. The molecule has 0 saturated carbocycles. The zero-order chi connectivity index (χ0) is 20.5. The zero-order valence-electron chi connectivity index (χ0n) is 16.3. The van der Waals surface area contributed by atoms with Gasteiger partial charge in [-0.15, -0.1) is 0 Å². The van der Waals surface area contributed by atoms with Crippen LogP contribution in [-0.2, 0) is 15.1 Å². The van der Waals surface area contributed by atoms with Gasteiger partial charge in [0.15, 0.2) is 0 Å². The Labute approximate surface area is 163 Å². The van der Waals surface area contributed by atoms with Gasteiger partial charge in [-0.2, -0.15) is 0 Å². The maximum Gasteiger partial charge on any atom is 0.325 e. The van der Waals surface area contributed by atoms with Gasteiger partial charge in [-0.05, 0) is 44.0 Å². The minimum atomic E-state index is -1.20. The highest BCUT2D eigenvalue weighted by atomic mass is 16.5. The van der Waals surface area contributed by atoms with E-state index in [0.717, 1.165) is 16.0 Å². The molecule has 3 rings (SSSR count). The fraction of sp³-hybridized carbons (Fsp3) is 0.286. The second-order valence-electron chi connectivity index (χ2n) is 7.06. The molecule has 4 amide bonds. The van der Waals surface area contributed by atoms with Gasteiger partial charge in [0.05, 0.1) is 12.8 Å². The third kappa shape index (κ3) is 3.55. The Bertz CT molecular complexity index is 939. The summed E-state index contributed by atoms with van der Waals surface area (Å²) >= 11 is 0. The molecule has 0 aromatic heterocycles. The van der Waals surface area contributed by atoms with Crippen molar-refractivity contribution in [1.29, 1.82) is 0 Å². The van der Waals surface area contributed by atoms with Crippen LogP contribution in [0.1, 0.15) is 23.6 Å². The molecule has 0 aliphatic carbocycles. The number of hydrogen-bond donors (Lipinski definition) is 2. The number of imide groups is 1. The van der Waals surface area contributed by atoms with Crippen molar-refractivity contribution in [2.75, 3.05) is 19.0 Å². The van der Waals surface area contributed by atoms with Gasteiger partial charge < -0.3 is 15.4 Å². The van der Waals surface area contributed by atoms with E-state index in [2.05, 4.69) is 10.6 Å². The fourth-order valence-corrected chi connectivity index (χ4v) is 3.18. The second kappa shape index (κ2) is 7.34. The van der Waals surface area contributed by atoms with Crippen LogP contribution in [-0.4, -0.2) is 36.4 Å². The Morgan fingerprint density at radius 1 is 1.11 bits per heavy atom. The summed E-state index contributed by atoms with van der Waals surface area (Å²) in [5.41, 5.74) is 1.94. The molecule has 146 valence electrons. The van der Waals surface area contributed by atoms with E-state index in [9.17, 15) is 14.4 Å². The lowest BCUT2D eigenvalue weighted by atomic mass is 9.91. The van der Waals surface area contributed by atoms with E-state index >= 15 is 0 Å². The Balaban J connectivity index is 1.77. The number of nitrogens with zero attached hydrogens (tertiary/aromatic N) is 1. The molecular weight excluding hydrogens is 358 g/mol. The number of rotatable bonds is 5. The third-order valence-corrected chi connectivity index (χ3v) is 4.83. The van der Waals surface area contributed by atoms with Gasteiger partial charge in [-0.1, -0.05) is 35.9 Å². The normalized spacial score (nSPS) is 18.8. The number of aryl methyl sites for hydroxylation is 2. The molecule has 0 bridgehead atoms. The molecule has 1 aliphatic rings. The summed E-state index contributed by atoms with van der Waals surface area (Å²) in [6.45, 7) is 5.08. The summed E-state index contributed by atoms with van der Waals surface area (Å²) in [4.78, 5) is 38.7. The predicted octanol–water partition coefficient (Wildman–Crippen LogP) is 2.72. The fourth-order valence-electron chi connectivity index (χ4n) is 3.18. The topological polar surface area (TPSA) is 87.7 Å². The number of carbonyl (C=O) groups excluding carboxylic acids is 3. The van der Waals surface area contributed by atoms with Crippen LogP contribution in [0.2, 0.25) is 0 Å². The lowest BCUT2D eigenvalue weighted by Crippen LogP contribution is -2.42. The number of nitrogens with one attached hydrogen (secondary N) is 2. The number of carbonyl (C=O) groups is 3. The van der Waals surface area contributed by atoms with Crippen molar-refractivity contribution in [3.63, 3.8) is 0 Å². The first-order valence-electron chi connectivity index (χ1n) is 8.90. The van der Waals surface area contributed by atoms with Crippen LogP contribution in [0, 0.1) is 13.8 Å². The quantitative estimate of drug-likeness (QED) is 0.780. The van der Waals surface area contributed by atoms with Crippen LogP contribution in [0.25, 0.3) is 0 Å². The molecule has 1 aliphatic heterocycles. The number of amides is 4. The van der Waals surface area contributed by atoms with Crippen molar-refractivity contribution < 1.29 is 19.1 Å². The molecule has 1 heterocycles. The number of ether oxygens (including phenoxy) is 1. The summed E-state index contributed by atoms with van der Waals surface area (Å²) in [5, 5.41) is 5.41. The van der Waals surface area contributed by atoms with E-state index in [1.807, 2.05) is 32.0 Å². The molecule has 1 atom stereocenters. The minimum Gasteiger partial charge on any atom is -0.495 e. The summed E-state index contributed by atoms with van der Waals surface area (Å²) < 4.78 is 5.24. The smallest absolute Gasteiger partial charge is 0.325 e. The van der Waals surface area contributed by atoms with Crippen molar-refractivity contribution in [1.82, 2.24) is 10.2 Å². The van der Waals surface area contributed by atoms with Crippen LogP contribution in [0.15, 0.2) is 42.5 Å². The first-order chi connectivity index (χ1) is 13.2. The highest BCUT2D eigenvalue weighted by molar-refractivity contribution is 6.10. The van der Waals surface area contributed by atoms with E-state index in [1.54, 1.807) is 31.2 Å². The number of urea groups is 1. The molecule has 0 unspecified atom stereocenters. The highest BCUT2D eigenvalue weighted by Gasteiger charge is 2.49. The summed E-state index contributed by atoms with van der Waals surface area (Å²) in [7, 11) is 1.50. The second-order valence-corrected chi connectivity index (χ2v) is 7.06. The van der Waals surface area contributed by atoms with E-state index in [1.165, 1.54) is 7.11 Å². The van der Waals surface area contributed by atoms with Crippen LogP contribution in [0.5, 0.6) is 5.75 Å². The molecular formula is C21H23N3O4. The van der Waals surface area contributed by atoms with Gasteiger partial charge in [0.1, 0.15) is 17.8 Å². The van der Waals surface area contributed by atoms with Crippen LogP contribution in [0.3, 0.4) is 0 Å². The summed E-state index contributed by atoms with van der Waals surface area (Å²) in [6.07, 6.45) is 0. The molecule has 7 nitrogen and oxygen atoms in total. The first-order valence-corrected chi connectivity index (χ1v) is 8.90. The highest BCUT2D eigenvalue weighted by Crippen LogP contribution is 2.29. The molecule has 0 spiro atoms. The zero-order valence-corrected chi connectivity index (χ0v) is 16.3. The lowest BCUT2D eigenvalue weighted by Gasteiger charge is -2.22. The molecule has 7 heteroatoms. The van der Waals surface area contributed by atoms with Crippen molar-refractivity contribution in [2.45, 2.75) is 26.3 Å². The van der Waals surface area contributed by atoms with Gasteiger partial charge in [0, 0.05) is 0 Å². The average molecular weight is 381 g/mol. The number of benzene rings is 2. The lowest BCUT2D eigenvalue weighted by molar-refractivity contribution is -0.133. The Hall–Kier alpha value is -3.35. The largest absolute Gasteiger partial charge is 0.495 e. The number of methoxy groups -OCH3 is 1. The van der Waals surface area contributed by atoms with E-state index in [-0.39, 0.29) is 6.54 Å². The van der Waals surface area contributed by atoms with Crippen molar-refractivity contribution >= 4 is 23.5 Å². The third-order valence-electron chi connectivity index (χ3n) is 4.83. The summed E-state index contributed by atoms with van der Waals surface area (Å²) in [5.74, 6) is -0.450. The Kier molecular flexibility index (Phi) is 5.09. The summed E-state index contributed by atoms with van der Waals surface area (Å²) in [6, 6.07) is 12.1. The van der Waals surface area contributed by atoms with Crippen LogP contribution in [0.4, 0.5) is 10.5 Å². The Morgan fingerprint density at radius 3 is 2.39 bits per heavy atom. The van der Waals surface area contributed by atoms with Crippen molar-refractivity contribution in [3.8, 4) is 5.75 Å². The van der Waals surface area contributed by atoms with Crippen LogP contribution < -0.4 is 15.4 Å². The monoisotopic (exact) mass is 381 g/mol. The molecule has 1 saturated heterocycles. The Morgan fingerprint density at radius 2 is 1.75 bits per heavy atom. The van der Waals surface area contributed by atoms with Gasteiger partial charge in [-0.3, -0.25) is 14.5 Å². The maximum absolute atomic E-state index is 12.9. The van der Waals surface area contributed by atoms with Crippen molar-refractivity contribution in [3.05, 3.63) is 59.2 Å². The minimum absolute atomic E-state index is 0.386. The predicted molar refractivity (Wildman–Crippen MR) is 105 cm³/mol. The number of anilines is 1. The molecule has 2 aromatic carbocycles. The van der Waals surface area contributed by atoms with Gasteiger partial charge in [0.2, 0.25) is 5.91 Å². The van der Waals surface area contributed by atoms with E-state index < -0.39 is 23.4 Å². The van der Waals surface area contributed by atoms with Gasteiger partial charge in [-0.25, -0.2) is 4.79 Å². The van der Waals surface area contributed by atoms with E-state index in [0.29, 0.717) is 17.0 Å². The molecule has 0 radical (unpaired) electrons. The van der Waals surface area contributed by atoms with Crippen molar-refractivity contribution in [2.24, 2.45) is 0 Å². The standard InChI is InChI=1S/C21H23N3O4/c1-13-5-8-15(9-6-13)21(3)19(26)24(20(27)23-21)12-18(25)22-16-11-14(2)7-10-17(16)28-4/h5-11H,12H2,1-4H3,(H,22,25)(H,23,27)/t21-/m0/s1. The molecule has 28 heavy (non-hydrogen) atoms. The maximum atomic E-state index is 12.9. The van der Waals surface area contributed by atoms with E-state index in [4.69, 9.17) is 4.74 Å².